The minimum atomic E-state index is 0.481. The van der Waals surface area contributed by atoms with Gasteiger partial charge in [0.15, 0.2) is 5.82 Å². The van der Waals surface area contributed by atoms with Gasteiger partial charge in [-0.25, -0.2) is 9.97 Å². The third-order valence-electron chi connectivity index (χ3n) is 4.04. The molecule has 0 fully saturated rings. The normalized spacial score (nSPS) is 11.2. The smallest absolute Gasteiger partial charge is 0.207 e. The predicted molar refractivity (Wildman–Crippen MR) is 92.1 cm³/mol. The highest BCUT2D eigenvalue weighted by atomic mass is 16.1. The number of nitrogen functional groups attached to an aromatic ring is 1. The highest BCUT2D eigenvalue weighted by Gasteiger charge is 2.15. The molecule has 0 bridgehead atoms. The first-order valence-corrected chi connectivity index (χ1v) is 7.96. The average molecular weight is 311 g/mol. The molecule has 3 N–H and O–H groups in total. The van der Waals surface area contributed by atoms with Gasteiger partial charge in [-0.1, -0.05) is 25.1 Å². The molecular formula is C17H21N5O. The van der Waals surface area contributed by atoms with Crippen molar-refractivity contribution in [2.24, 2.45) is 0 Å². The second kappa shape index (κ2) is 6.64. The van der Waals surface area contributed by atoms with E-state index in [1.807, 2.05) is 18.2 Å². The van der Waals surface area contributed by atoms with Crippen LogP contribution in [0.4, 0.5) is 5.82 Å². The summed E-state index contributed by atoms with van der Waals surface area (Å²) in [6.45, 7) is 3.65. The van der Waals surface area contributed by atoms with Gasteiger partial charge in [-0.2, -0.15) is 0 Å². The van der Waals surface area contributed by atoms with E-state index in [9.17, 15) is 4.79 Å². The number of unbranched alkanes of at least 4 members (excludes halogenated alkanes) is 1. The molecule has 23 heavy (non-hydrogen) atoms. The number of hydrogen-bond donors (Lipinski definition) is 2. The maximum absolute atomic E-state index is 10.3. The minimum Gasteiger partial charge on any atom is -0.382 e. The van der Waals surface area contributed by atoms with Gasteiger partial charge in [0.2, 0.25) is 6.41 Å². The summed E-state index contributed by atoms with van der Waals surface area (Å²) in [6, 6.07) is 8.02. The lowest BCUT2D eigenvalue weighted by Gasteiger charge is -2.10. The molecule has 0 unspecified atom stereocenters. The Labute approximate surface area is 134 Å². The number of carbonyl (C=O) groups excluding carboxylic acids is 1. The number of para-hydroxylation sites is 1. The van der Waals surface area contributed by atoms with Crippen LogP contribution in [0, 0.1) is 0 Å². The number of nitrogens with one attached hydrogen (secondary N) is 1. The highest BCUT2D eigenvalue weighted by Crippen LogP contribution is 2.29. The molecule has 2 heterocycles. The summed E-state index contributed by atoms with van der Waals surface area (Å²) >= 11 is 0. The SMILES string of the molecule is CCc1nc2c(N)nc3ccccc3c2n1CCCCNC=O. The number of anilines is 1. The van der Waals surface area contributed by atoms with Crippen LogP contribution in [-0.4, -0.2) is 27.5 Å². The summed E-state index contributed by atoms with van der Waals surface area (Å²) < 4.78 is 2.25. The van der Waals surface area contributed by atoms with Crippen molar-refractivity contribution in [1.29, 1.82) is 0 Å². The van der Waals surface area contributed by atoms with Crippen LogP contribution in [0.25, 0.3) is 21.9 Å². The number of amides is 1. The largest absolute Gasteiger partial charge is 0.382 e. The number of nitrogens with two attached hydrogens (primary N) is 1. The molecule has 0 saturated carbocycles. The fourth-order valence-corrected chi connectivity index (χ4v) is 2.97. The van der Waals surface area contributed by atoms with Crippen LogP contribution in [0.5, 0.6) is 0 Å². The van der Waals surface area contributed by atoms with Crippen LogP contribution < -0.4 is 11.1 Å². The summed E-state index contributed by atoms with van der Waals surface area (Å²) in [5, 5.41) is 3.78. The molecular weight excluding hydrogens is 290 g/mol. The van der Waals surface area contributed by atoms with Gasteiger partial charge in [0.1, 0.15) is 11.3 Å². The van der Waals surface area contributed by atoms with Crippen molar-refractivity contribution in [2.45, 2.75) is 32.7 Å². The third-order valence-corrected chi connectivity index (χ3v) is 4.04. The summed E-state index contributed by atoms with van der Waals surface area (Å²) in [7, 11) is 0. The van der Waals surface area contributed by atoms with Crippen LogP contribution in [0.1, 0.15) is 25.6 Å². The van der Waals surface area contributed by atoms with E-state index in [1.165, 1.54) is 0 Å². The lowest BCUT2D eigenvalue weighted by molar-refractivity contribution is -0.109. The maximum atomic E-state index is 10.3. The maximum Gasteiger partial charge on any atom is 0.207 e. The first kappa shape index (κ1) is 15.3. The molecule has 1 amide bonds. The minimum absolute atomic E-state index is 0.481. The molecule has 1 aromatic carbocycles. The number of fused-ring (bicyclic) bond motifs is 3. The van der Waals surface area contributed by atoms with Gasteiger partial charge in [-0.15, -0.1) is 0 Å². The Morgan fingerprint density at radius 2 is 2.09 bits per heavy atom. The van der Waals surface area contributed by atoms with Crippen LogP contribution in [0.15, 0.2) is 24.3 Å². The third kappa shape index (κ3) is 2.84. The van der Waals surface area contributed by atoms with Crippen LogP contribution >= 0.6 is 0 Å². The molecule has 0 spiro atoms. The van der Waals surface area contributed by atoms with E-state index in [1.54, 1.807) is 0 Å². The van der Waals surface area contributed by atoms with Crippen LogP contribution in [0.3, 0.4) is 0 Å². The van der Waals surface area contributed by atoms with Crippen molar-refractivity contribution in [2.75, 3.05) is 12.3 Å². The fourth-order valence-electron chi connectivity index (χ4n) is 2.97. The van der Waals surface area contributed by atoms with Crippen molar-refractivity contribution in [3.05, 3.63) is 30.1 Å². The Balaban J connectivity index is 2.05. The predicted octanol–water partition coefficient (Wildman–Crippen LogP) is 2.26. The summed E-state index contributed by atoms with van der Waals surface area (Å²) in [4.78, 5) is 19.5. The van der Waals surface area contributed by atoms with Crippen LogP contribution in [-0.2, 0) is 17.8 Å². The molecule has 0 aliphatic rings. The van der Waals surface area contributed by atoms with Gasteiger partial charge in [-0.3, -0.25) is 4.79 Å². The van der Waals surface area contributed by atoms with E-state index in [2.05, 4.69) is 27.9 Å². The zero-order valence-corrected chi connectivity index (χ0v) is 13.2. The molecule has 0 aliphatic carbocycles. The molecule has 3 aromatic rings. The Morgan fingerprint density at radius 1 is 1.26 bits per heavy atom. The van der Waals surface area contributed by atoms with E-state index < -0.39 is 0 Å². The van der Waals surface area contributed by atoms with Gasteiger partial charge in [-0.05, 0) is 18.9 Å². The van der Waals surface area contributed by atoms with Crippen LogP contribution in [0.2, 0.25) is 0 Å². The number of carbonyl (C=O) groups is 1. The summed E-state index contributed by atoms with van der Waals surface area (Å²) in [6.07, 6.45) is 3.48. The molecule has 3 rings (SSSR count). The van der Waals surface area contributed by atoms with E-state index in [0.717, 1.165) is 60.0 Å². The molecule has 2 aromatic heterocycles. The number of aryl methyl sites for hydroxylation is 2. The van der Waals surface area contributed by atoms with E-state index in [4.69, 9.17) is 10.7 Å². The first-order chi connectivity index (χ1) is 11.3. The number of benzene rings is 1. The number of hydrogen-bond acceptors (Lipinski definition) is 4. The Kier molecular flexibility index (Phi) is 4.41. The number of nitrogens with zero attached hydrogens (tertiary/aromatic N) is 3. The number of rotatable bonds is 7. The van der Waals surface area contributed by atoms with Crippen molar-refractivity contribution < 1.29 is 4.79 Å². The van der Waals surface area contributed by atoms with Gasteiger partial charge < -0.3 is 15.6 Å². The van der Waals surface area contributed by atoms with Gasteiger partial charge >= 0.3 is 0 Å². The van der Waals surface area contributed by atoms with Crippen molar-refractivity contribution in [3.63, 3.8) is 0 Å². The second-order valence-corrected chi connectivity index (χ2v) is 5.52. The molecule has 0 radical (unpaired) electrons. The number of aromatic nitrogens is 3. The highest BCUT2D eigenvalue weighted by molar-refractivity contribution is 6.06. The van der Waals surface area contributed by atoms with E-state index in [0.29, 0.717) is 12.4 Å². The Bertz CT molecular complexity index is 840. The molecule has 6 nitrogen and oxygen atoms in total. The topological polar surface area (TPSA) is 85.8 Å². The Hall–Kier alpha value is -2.63. The Morgan fingerprint density at radius 3 is 2.87 bits per heavy atom. The van der Waals surface area contributed by atoms with E-state index in [-0.39, 0.29) is 0 Å². The number of pyridine rings is 1. The van der Waals surface area contributed by atoms with Crippen molar-refractivity contribution in [1.82, 2.24) is 19.9 Å². The quantitative estimate of drug-likeness (QED) is 0.517. The van der Waals surface area contributed by atoms with E-state index >= 15 is 0 Å². The number of imidazole rings is 1. The standard InChI is InChI=1S/C17H21N5O/c1-2-14-21-15-16(22(14)10-6-5-9-19-11-23)12-7-3-4-8-13(12)20-17(15)18/h3-4,7-8,11H,2,5-6,9-10H2,1H3,(H2,18,20)(H,19,23). The fraction of sp³-hybridized carbons (Fsp3) is 0.353. The average Bonchev–Trinajstić information content (AvgIpc) is 2.94. The molecule has 0 aliphatic heterocycles. The summed E-state index contributed by atoms with van der Waals surface area (Å²) in [5.74, 6) is 1.50. The summed E-state index contributed by atoms with van der Waals surface area (Å²) in [5.41, 5.74) is 8.86. The zero-order valence-electron chi connectivity index (χ0n) is 13.2. The van der Waals surface area contributed by atoms with Crippen molar-refractivity contribution in [3.8, 4) is 0 Å². The van der Waals surface area contributed by atoms with Crippen molar-refractivity contribution >= 4 is 34.2 Å². The lowest BCUT2D eigenvalue weighted by atomic mass is 10.2. The second-order valence-electron chi connectivity index (χ2n) is 5.52. The van der Waals surface area contributed by atoms with Gasteiger partial charge in [0.25, 0.3) is 0 Å². The first-order valence-electron chi connectivity index (χ1n) is 7.96. The van der Waals surface area contributed by atoms with Gasteiger partial charge in [0, 0.05) is 24.9 Å². The lowest BCUT2D eigenvalue weighted by Crippen LogP contribution is -2.13. The monoisotopic (exact) mass is 311 g/mol. The van der Waals surface area contributed by atoms with Gasteiger partial charge in [0.05, 0.1) is 11.0 Å². The molecule has 0 saturated heterocycles. The molecule has 0 atom stereocenters. The molecule has 120 valence electrons. The zero-order chi connectivity index (χ0) is 16.2. The molecule has 6 heteroatoms.